The lowest BCUT2D eigenvalue weighted by atomic mass is 9.84. The van der Waals surface area contributed by atoms with Crippen molar-refractivity contribution in [2.75, 3.05) is 20.1 Å². The molecule has 0 aromatic heterocycles. The fourth-order valence-corrected chi connectivity index (χ4v) is 5.10. The number of hydrogen-bond donors (Lipinski definition) is 1. The first-order valence-corrected chi connectivity index (χ1v) is 8.63. The molecule has 112 valence electrons. The van der Waals surface area contributed by atoms with Crippen molar-refractivity contribution in [2.45, 2.75) is 69.4 Å². The predicted octanol–water partition coefficient (Wildman–Crippen LogP) is 2.92. The van der Waals surface area contributed by atoms with Crippen molar-refractivity contribution in [2.24, 2.45) is 11.8 Å². The van der Waals surface area contributed by atoms with Gasteiger partial charge in [0.2, 0.25) is 0 Å². The van der Waals surface area contributed by atoms with Gasteiger partial charge in [-0.2, -0.15) is 5.26 Å². The molecule has 4 unspecified atom stereocenters. The summed E-state index contributed by atoms with van der Waals surface area (Å²) in [6.07, 6.45) is 11.9. The van der Waals surface area contributed by atoms with Crippen LogP contribution in [0.15, 0.2) is 0 Å². The van der Waals surface area contributed by atoms with Crippen molar-refractivity contribution in [3.8, 4) is 6.07 Å². The van der Waals surface area contributed by atoms with Crippen LogP contribution in [0.3, 0.4) is 0 Å². The van der Waals surface area contributed by atoms with Gasteiger partial charge in [-0.1, -0.05) is 19.3 Å². The number of likely N-dealkylation sites (tertiary alicyclic amines) is 1. The van der Waals surface area contributed by atoms with E-state index in [0.717, 1.165) is 18.4 Å². The highest BCUT2D eigenvalue weighted by Crippen LogP contribution is 2.40. The van der Waals surface area contributed by atoms with E-state index in [4.69, 9.17) is 0 Å². The first-order valence-electron chi connectivity index (χ1n) is 8.63. The molecule has 3 heteroatoms. The van der Waals surface area contributed by atoms with Crippen LogP contribution in [-0.4, -0.2) is 36.6 Å². The van der Waals surface area contributed by atoms with Crippen LogP contribution >= 0.6 is 0 Å². The van der Waals surface area contributed by atoms with Gasteiger partial charge in [-0.25, -0.2) is 0 Å². The molecule has 2 saturated carbocycles. The lowest BCUT2D eigenvalue weighted by Gasteiger charge is -2.34. The summed E-state index contributed by atoms with van der Waals surface area (Å²) >= 11 is 0. The summed E-state index contributed by atoms with van der Waals surface area (Å²) in [5.41, 5.74) is -0.230. The molecule has 0 amide bonds. The fraction of sp³-hybridized carbons (Fsp3) is 0.941. The topological polar surface area (TPSA) is 39.1 Å². The largest absolute Gasteiger partial charge is 0.302 e. The van der Waals surface area contributed by atoms with Crippen LogP contribution in [0.25, 0.3) is 0 Å². The Bertz CT molecular complexity index is 375. The van der Waals surface area contributed by atoms with E-state index < -0.39 is 0 Å². The van der Waals surface area contributed by atoms with E-state index in [0.29, 0.717) is 5.92 Å². The average Bonchev–Trinajstić information content (AvgIpc) is 3.09. The number of nitriles is 1. The Morgan fingerprint density at radius 1 is 1.20 bits per heavy atom. The monoisotopic (exact) mass is 275 g/mol. The zero-order valence-electron chi connectivity index (χ0n) is 12.9. The van der Waals surface area contributed by atoms with Gasteiger partial charge < -0.3 is 10.2 Å². The van der Waals surface area contributed by atoms with Crippen LogP contribution in [0.1, 0.15) is 57.8 Å². The minimum absolute atomic E-state index is 0.230. The Morgan fingerprint density at radius 3 is 2.85 bits per heavy atom. The molecule has 0 spiro atoms. The summed E-state index contributed by atoms with van der Waals surface area (Å²) in [7, 11) is 1.97. The molecule has 3 nitrogen and oxygen atoms in total. The van der Waals surface area contributed by atoms with E-state index in [-0.39, 0.29) is 5.54 Å². The van der Waals surface area contributed by atoms with Crippen molar-refractivity contribution in [3.63, 3.8) is 0 Å². The quantitative estimate of drug-likeness (QED) is 0.857. The summed E-state index contributed by atoms with van der Waals surface area (Å²) in [4.78, 5) is 2.75. The molecular formula is C17H29N3. The molecule has 0 aromatic carbocycles. The molecule has 4 atom stereocenters. The molecule has 3 rings (SSSR count). The van der Waals surface area contributed by atoms with E-state index in [1.807, 2.05) is 7.05 Å². The number of nitrogens with one attached hydrogen (secondary N) is 1. The number of nitrogens with zero attached hydrogens (tertiary/aromatic N) is 2. The van der Waals surface area contributed by atoms with Crippen molar-refractivity contribution in [1.29, 1.82) is 5.26 Å². The van der Waals surface area contributed by atoms with E-state index in [9.17, 15) is 5.26 Å². The van der Waals surface area contributed by atoms with Crippen molar-refractivity contribution in [1.82, 2.24) is 10.2 Å². The minimum Gasteiger partial charge on any atom is -0.302 e. The van der Waals surface area contributed by atoms with Crippen LogP contribution in [0.5, 0.6) is 0 Å². The molecule has 1 N–H and O–H groups in total. The van der Waals surface area contributed by atoms with Crippen LogP contribution in [0.4, 0.5) is 0 Å². The van der Waals surface area contributed by atoms with E-state index in [1.54, 1.807) is 0 Å². The molecule has 0 bridgehead atoms. The van der Waals surface area contributed by atoms with E-state index in [1.165, 1.54) is 64.5 Å². The summed E-state index contributed by atoms with van der Waals surface area (Å²) in [6, 6.07) is 3.45. The van der Waals surface area contributed by atoms with Gasteiger partial charge in [0.25, 0.3) is 0 Å². The van der Waals surface area contributed by atoms with Gasteiger partial charge in [0.05, 0.1) is 6.07 Å². The highest BCUT2D eigenvalue weighted by atomic mass is 15.2. The van der Waals surface area contributed by atoms with Gasteiger partial charge in [-0.05, 0) is 70.5 Å². The summed E-state index contributed by atoms with van der Waals surface area (Å²) in [5.74, 6) is 1.54. The second kappa shape index (κ2) is 6.03. The normalized spacial score (nSPS) is 41.5. The minimum atomic E-state index is -0.230. The van der Waals surface area contributed by atoms with Crippen LogP contribution in [0.2, 0.25) is 0 Å². The molecule has 1 heterocycles. The third-order valence-corrected chi connectivity index (χ3v) is 6.36. The Balaban J connectivity index is 1.56. The molecule has 3 fully saturated rings. The first kappa shape index (κ1) is 14.4. The van der Waals surface area contributed by atoms with Gasteiger partial charge in [0, 0.05) is 6.04 Å². The fourth-order valence-electron chi connectivity index (χ4n) is 5.10. The lowest BCUT2D eigenvalue weighted by molar-refractivity contribution is 0.165. The summed E-state index contributed by atoms with van der Waals surface area (Å²) in [6.45, 7) is 2.53. The first-order chi connectivity index (χ1) is 9.79. The predicted molar refractivity (Wildman–Crippen MR) is 81.3 cm³/mol. The van der Waals surface area contributed by atoms with Crippen LogP contribution in [0, 0.1) is 23.2 Å². The number of hydrogen-bond acceptors (Lipinski definition) is 3. The maximum Gasteiger partial charge on any atom is 0.109 e. The number of fused-ring (bicyclic) bond motifs is 1. The second-order valence-corrected chi connectivity index (χ2v) is 7.15. The third kappa shape index (κ3) is 2.49. The van der Waals surface area contributed by atoms with Gasteiger partial charge >= 0.3 is 0 Å². The number of rotatable bonds is 4. The van der Waals surface area contributed by atoms with E-state index >= 15 is 0 Å². The Labute approximate surface area is 123 Å². The molecule has 20 heavy (non-hydrogen) atoms. The highest BCUT2D eigenvalue weighted by molar-refractivity contribution is 5.13. The smallest absolute Gasteiger partial charge is 0.109 e. The van der Waals surface area contributed by atoms with Gasteiger partial charge in [-0.3, -0.25) is 0 Å². The SMILES string of the molecule is CNC1(C#N)CCCC1CCN1CCC2CCCCC21. The third-order valence-electron chi connectivity index (χ3n) is 6.36. The molecular weight excluding hydrogens is 246 g/mol. The van der Waals surface area contributed by atoms with Crippen molar-refractivity contribution in [3.05, 3.63) is 0 Å². The molecule has 3 aliphatic rings. The zero-order chi connectivity index (χ0) is 14.0. The molecule has 2 aliphatic carbocycles. The van der Waals surface area contributed by atoms with Gasteiger partial charge in [-0.15, -0.1) is 0 Å². The summed E-state index contributed by atoms with van der Waals surface area (Å²) in [5, 5.41) is 12.9. The molecule has 1 saturated heterocycles. The molecule has 0 aromatic rings. The standard InChI is InChI=1S/C17H29N3/c1-19-17(13-18)10-4-6-15(17)9-12-20-11-8-14-5-2-3-7-16(14)20/h14-16,19H,2-12H2,1H3. The molecule has 1 aliphatic heterocycles. The van der Waals surface area contributed by atoms with Gasteiger partial charge in [0.15, 0.2) is 0 Å². The zero-order valence-corrected chi connectivity index (χ0v) is 12.9. The maximum absolute atomic E-state index is 9.54. The Morgan fingerprint density at radius 2 is 2.05 bits per heavy atom. The Hall–Kier alpha value is -0.590. The molecule has 0 radical (unpaired) electrons. The van der Waals surface area contributed by atoms with Crippen LogP contribution in [-0.2, 0) is 0 Å². The second-order valence-electron chi connectivity index (χ2n) is 7.15. The van der Waals surface area contributed by atoms with Gasteiger partial charge in [0.1, 0.15) is 5.54 Å². The van der Waals surface area contributed by atoms with Crippen LogP contribution < -0.4 is 5.32 Å². The highest BCUT2D eigenvalue weighted by Gasteiger charge is 2.43. The Kier molecular flexibility index (Phi) is 4.33. The van der Waals surface area contributed by atoms with Crippen molar-refractivity contribution < 1.29 is 0 Å². The summed E-state index contributed by atoms with van der Waals surface area (Å²) < 4.78 is 0. The van der Waals surface area contributed by atoms with E-state index in [2.05, 4.69) is 16.3 Å². The average molecular weight is 275 g/mol. The van der Waals surface area contributed by atoms with Crippen molar-refractivity contribution >= 4 is 0 Å². The maximum atomic E-state index is 9.54. The lowest BCUT2D eigenvalue weighted by Crippen LogP contribution is -2.46.